The summed E-state index contributed by atoms with van der Waals surface area (Å²) in [4.78, 5) is 0. The summed E-state index contributed by atoms with van der Waals surface area (Å²) >= 11 is 2.87. The average Bonchev–Trinajstić information content (AvgIpc) is 2.09. The van der Waals surface area contributed by atoms with Gasteiger partial charge in [0, 0.05) is 12.6 Å². The molecule has 0 saturated heterocycles. The minimum Gasteiger partial charge on any atom is -0.392 e. The third-order valence-electron chi connectivity index (χ3n) is 1.60. The van der Waals surface area contributed by atoms with Crippen molar-refractivity contribution >= 4 is 21.6 Å². The van der Waals surface area contributed by atoms with Crippen LogP contribution in [-0.4, -0.2) is 17.8 Å². The number of aliphatic hydroxyl groups excluding tert-OH is 1. The lowest BCUT2D eigenvalue weighted by Crippen LogP contribution is -2.16. The number of halogens is 3. The molecule has 0 aliphatic rings. The van der Waals surface area contributed by atoms with Gasteiger partial charge in [-0.3, -0.25) is 0 Å². The number of aliphatic hydroxyl groups is 1. The van der Waals surface area contributed by atoms with E-state index < -0.39 is 17.7 Å². The molecule has 14 heavy (non-hydrogen) atoms. The van der Waals surface area contributed by atoms with Crippen molar-refractivity contribution in [3.63, 3.8) is 0 Å². The van der Waals surface area contributed by atoms with Crippen LogP contribution in [0.4, 0.5) is 14.5 Å². The lowest BCUT2D eigenvalue weighted by atomic mass is 10.3. The average molecular weight is 266 g/mol. The first-order chi connectivity index (χ1) is 6.50. The molecule has 1 aromatic carbocycles. The predicted molar refractivity (Wildman–Crippen MR) is 54.2 cm³/mol. The van der Waals surface area contributed by atoms with Crippen molar-refractivity contribution < 1.29 is 13.9 Å². The fraction of sp³-hybridized carbons (Fsp3) is 0.333. The second kappa shape index (κ2) is 4.70. The number of benzene rings is 1. The van der Waals surface area contributed by atoms with E-state index >= 15 is 0 Å². The third-order valence-corrected chi connectivity index (χ3v) is 2.21. The molecule has 0 aromatic heterocycles. The number of anilines is 1. The lowest BCUT2D eigenvalue weighted by molar-refractivity contribution is 0.208. The van der Waals surface area contributed by atoms with Crippen LogP contribution in [0.1, 0.15) is 6.92 Å². The Kier molecular flexibility index (Phi) is 3.83. The van der Waals surface area contributed by atoms with Gasteiger partial charge >= 0.3 is 0 Å². The van der Waals surface area contributed by atoms with Gasteiger partial charge in [-0.1, -0.05) is 0 Å². The SMILES string of the molecule is C[C@@H](O)CNc1cc(F)c(Br)cc1F. The van der Waals surface area contributed by atoms with E-state index in [0.29, 0.717) is 0 Å². The maximum Gasteiger partial charge on any atom is 0.147 e. The van der Waals surface area contributed by atoms with E-state index in [0.717, 1.165) is 12.1 Å². The minimum atomic E-state index is -0.610. The topological polar surface area (TPSA) is 32.3 Å². The molecule has 1 aromatic rings. The molecule has 0 aliphatic heterocycles. The summed E-state index contributed by atoms with van der Waals surface area (Å²) in [6.07, 6.45) is -0.610. The Bertz CT molecular complexity index is 331. The van der Waals surface area contributed by atoms with Gasteiger partial charge in [-0.05, 0) is 28.9 Å². The second-order valence-corrected chi connectivity index (χ2v) is 3.83. The molecule has 0 fully saturated rings. The highest BCUT2D eigenvalue weighted by Gasteiger charge is 2.08. The van der Waals surface area contributed by atoms with E-state index in [4.69, 9.17) is 5.11 Å². The van der Waals surface area contributed by atoms with Crippen LogP contribution in [0.2, 0.25) is 0 Å². The fourth-order valence-electron chi connectivity index (χ4n) is 0.916. The molecule has 0 heterocycles. The summed E-state index contributed by atoms with van der Waals surface area (Å²) in [5.74, 6) is -1.10. The fourth-order valence-corrected chi connectivity index (χ4v) is 1.23. The molecule has 0 amide bonds. The number of hydrogen-bond donors (Lipinski definition) is 2. The first-order valence-corrected chi connectivity index (χ1v) is 4.86. The monoisotopic (exact) mass is 265 g/mol. The molecule has 0 saturated carbocycles. The molecule has 1 atom stereocenters. The van der Waals surface area contributed by atoms with Crippen molar-refractivity contribution in [3.05, 3.63) is 28.2 Å². The van der Waals surface area contributed by atoms with Crippen LogP contribution in [0, 0.1) is 11.6 Å². The van der Waals surface area contributed by atoms with Crippen molar-refractivity contribution in [2.45, 2.75) is 13.0 Å². The number of hydrogen-bond acceptors (Lipinski definition) is 2. The smallest absolute Gasteiger partial charge is 0.147 e. The highest BCUT2D eigenvalue weighted by Crippen LogP contribution is 2.23. The maximum atomic E-state index is 13.1. The Morgan fingerprint density at radius 1 is 1.43 bits per heavy atom. The summed E-state index contributed by atoms with van der Waals surface area (Å²) in [6, 6.07) is 2.08. The summed E-state index contributed by atoms with van der Waals surface area (Å²) in [5, 5.41) is 11.5. The highest BCUT2D eigenvalue weighted by atomic mass is 79.9. The van der Waals surface area contributed by atoms with Gasteiger partial charge in [0.15, 0.2) is 0 Å². The van der Waals surface area contributed by atoms with Gasteiger partial charge in [0.05, 0.1) is 16.3 Å². The van der Waals surface area contributed by atoms with E-state index in [1.807, 2.05) is 0 Å². The maximum absolute atomic E-state index is 13.1. The molecule has 78 valence electrons. The van der Waals surface area contributed by atoms with Crippen LogP contribution in [-0.2, 0) is 0 Å². The van der Waals surface area contributed by atoms with Crippen LogP contribution < -0.4 is 5.32 Å². The predicted octanol–water partition coefficient (Wildman–Crippen LogP) is 2.52. The van der Waals surface area contributed by atoms with E-state index in [1.54, 1.807) is 6.92 Å². The molecule has 0 aliphatic carbocycles. The first kappa shape index (κ1) is 11.4. The van der Waals surface area contributed by atoms with Crippen molar-refractivity contribution in [2.75, 3.05) is 11.9 Å². The summed E-state index contributed by atoms with van der Waals surface area (Å²) < 4.78 is 26.2. The molecule has 0 unspecified atom stereocenters. The standard InChI is InChI=1S/C9H10BrF2NO/c1-5(14)4-13-9-3-7(11)6(10)2-8(9)12/h2-3,5,13-14H,4H2,1H3/t5-/m1/s1. The van der Waals surface area contributed by atoms with Gasteiger partial charge < -0.3 is 10.4 Å². The highest BCUT2D eigenvalue weighted by molar-refractivity contribution is 9.10. The van der Waals surface area contributed by atoms with Crippen LogP contribution >= 0.6 is 15.9 Å². The van der Waals surface area contributed by atoms with E-state index in [2.05, 4.69) is 21.2 Å². The summed E-state index contributed by atoms with van der Waals surface area (Å²) in [7, 11) is 0. The van der Waals surface area contributed by atoms with Crippen LogP contribution in [0.3, 0.4) is 0 Å². The van der Waals surface area contributed by atoms with Crippen LogP contribution in [0.5, 0.6) is 0 Å². The van der Waals surface area contributed by atoms with E-state index in [9.17, 15) is 8.78 Å². The lowest BCUT2D eigenvalue weighted by Gasteiger charge is -2.09. The van der Waals surface area contributed by atoms with Crippen LogP contribution in [0.25, 0.3) is 0 Å². The van der Waals surface area contributed by atoms with Crippen molar-refractivity contribution in [1.29, 1.82) is 0 Å². The zero-order valence-corrected chi connectivity index (χ0v) is 9.11. The normalized spacial score (nSPS) is 12.6. The molecule has 0 spiro atoms. The summed E-state index contributed by atoms with van der Waals surface area (Å²) in [6.45, 7) is 1.73. The van der Waals surface area contributed by atoms with E-state index in [-0.39, 0.29) is 16.7 Å². The summed E-state index contributed by atoms with van der Waals surface area (Å²) in [5.41, 5.74) is 0.0478. The van der Waals surface area contributed by atoms with Gasteiger partial charge in [-0.25, -0.2) is 8.78 Å². The minimum absolute atomic E-state index is 0.0478. The van der Waals surface area contributed by atoms with Gasteiger partial charge in [0.2, 0.25) is 0 Å². The molecule has 2 N–H and O–H groups in total. The zero-order valence-electron chi connectivity index (χ0n) is 7.52. The van der Waals surface area contributed by atoms with Gasteiger partial charge in [0.1, 0.15) is 11.6 Å². The molecule has 5 heteroatoms. The van der Waals surface area contributed by atoms with Crippen molar-refractivity contribution in [3.8, 4) is 0 Å². The third kappa shape index (κ3) is 2.92. The first-order valence-electron chi connectivity index (χ1n) is 4.07. The van der Waals surface area contributed by atoms with Gasteiger partial charge in [-0.2, -0.15) is 0 Å². The van der Waals surface area contributed by atoms with Gasteiger partial charge in [0.25, 0.3) is 0 Å². The van der Waals surface area contributed by atoms with Crippen molar-refractivity contribution in [2.24, 2.45) is 0 Å². The Balaban J connectivity index is 2.82. The van der Waals surface area contributed by atoms with Crippen molar-refractivity contribution in [1.82, 2.24) is 0 Å². The molecular weight excluding hydrogens is 256 g/mol. The Morgan fingerprint density at radius 2 is 2.07 bits per heavy atom. The Labute approximate surface area is 89.1 Å². The second-order valence-electron chi connectivity index (χ2n) is 2.98. The van der Waals surface area contributed by atoms with Crippen LogP contribution in [0.15, 0.2) is 16.6 Å². The largest absolute Gasteiger partial charge is 0.392 e. The number of nitrogens with one attached hydrogen (secondary N) is 1. The molecule has 0 bridgehead atoms. The molecule has 1 rings (SSSR count). The number of rotatable bonds is 3. The van der Waals surface area contributed by atoms with Gasteiger partial charge in [-0.15, -0.1) is 0 Å². The quantitative estimate of drug-likeness (QED) is 0.824. The molecule has 2 nitrogen and oxygen atoms in total. The van der Waals surface area contributed by atoms with E-state index in [1.165, 1.54) is 0 Å². The zero-order chi connectivity index (χ0) is 10.7. The Morgan fingerprint density at radius 3 is 2.64 bits per heavy atom. The Hall–Kier alpha value is -0.680. The molecular formula is C9H10BrF2NO. The molecule has 0 radical (unpaired) electrons.